The zero-order valence-corrected chi connectivity index (χ0v) is 15.5. The van der Waals surface area contributed by atoms with E-state index in [0.717, 1.165) is 5.56 Å². The number of amides is 3. The number of carbonyl (C=O) groups excluding carboxylic acids is 3. The number of aromatic nitrogens is 1. The van der Waals surface area contributed by atoms with E-state index in [0.29, 0.717) is 11.1 Å². The number of nitrogens with one attached hydrogen (secondary N) is 3. The third-order valence-corrected chi connectivity index (χ3v) is 4.16. The molecule has 0 aliphatic carbocycles. The molecule has 0 aliphatic heterocycles. The lowest BCUT2D eigenvalue weighted by Gasteiger charge is -2.19. The van der Waals surface area contributed by atoms with E-state index in [9.17, 15) is 14.4 Å². The van der Waals surface area contributed by atoms with Gasteiger partial charge in [0, 0.05) is 24.4 Å². The first-order chi connectivity index (χ1) is 14.1. The van der Waals surface area contributed by atoms with Crippen LogP contribution in [0.4, 0.5) is 0 Å². The van der Waals surface area contributed by atoms with Crippen LogP contribution in [0.3, 0.4) is 0 Å². The van der Waals surface area contributed by atoms with Gasteiger partial charge < -0.3 is 5.32 Å². The molecule has 0 bridgehead atoms. The summed E-state index contributed by atoms with van der Waals surface area (Å²) < 4.78 is 0. The van der Waals surface area contributed by atoms with E-state index in [4.69, 9.17) is 0 Å². The predicted molar refractivity (Wildman–Crippen MR) is 108 cm³/mol. The fourth-order valence-electron chi connectivity index (χ4n) is 2.66. The predicted octanol–water partition coefficient (Wildman–Crippen LogP) is 1.88. The van der Waals surface area contributed by atoms with Crippen molar-refractivity contribution in [3.05, 3.63) is 102 Å². The zero-order chi connectivity index (χ0) is 20.5. The van der Waals surface area contributed by atoms with Crippen molar-refractivity contribution in [1.82, 2.24) is 21.2 Å². The summed E-state index contributed by atoms with van der Waals surface area (Å²) in [6.45, 7) is 0. The smallest absolute Gasteiger partial charge is 0.271 e. The molecule has 3 aromatic rings. The minimum absolute atomic E-state index is 0.272. The highest BCUT2D eigenvalue weighted by atomic mass is 16.2. The first kappa shape index (κ1) is 19.8. The van der Waals surface area contributed by atoms with Crippen LogP contribution in [-0.4, -0.2) is 28.7 Å². The maximum Gasteiger partial charge on any atom is 0.271 e. The molecule has 7 heteroatoms. The Morgan fingerprint density at radius 2 is 1.41 bits per heavy atom. The van der Waals surface area contributed by atoms with E-state index in [1.54, 1.807) is 48.7 Å². The van der Waals surface area contributed by atoms with E-state index in [-0.39, 0.29) is 12.3 Å². The van der Waals surface area contributed by atoms with Crippen LogP contribution in [0.5, 0.6) is 0 Å². The number of nitrogens with zero attached hydrogens (tertiary/aromatic N) is 1. The Bertz CT molecular complexity index is 963. The largest absolute Gasteiger partial charge is 0.340 e. The van der Waals surface area contributed by atoms with E-state index in [1.807, 2.05) is 30.3 Å². The normalized spacial score (nSPS) is 11.2. The number of carbonyl (C=O) groups is 3. The van der Waals surface area contributed by atoms with Gasteiger partial charge in [0.05, 0.1) is 5.56 Å². The number of benzene rings is 2. The van der Waals surface area contributed by atoms with Gasteiger partial charge >= 0.3 is 0 Å². The van der Waals surface area contributed by atoms with Crippen molar-refractivity contribution in [2.75, 3.05) is 0 Å². The summed E-state index contributed by atoms with van der Waals surface area (Å²) in [5.74, 6) is -1.41. The maximum absolute atomic E-state index is 12.7. The van der Waals surface area contributed by atoms with Gasteiger partial charge in [-0.15, -0.1) is 0 Å². The molecular formula is C22H20N4O3. The Labute approximate surface area is 168 Å². The molecule has 146 valence electrons. The van der Waals surface area contributed by atoms with Gasteiger partial charge in [0.15, 0.2) is 0 Å². The SMILES string of the molecule is O=C(NNC(=O)C(Cc1ccccc1)NC(=O)c1ccccc1)c1cccnc1. The molecule has 1 aromatic heterocycles. The summed E-state index contributed by atoms with van der Waals surface area (Å²) in [6, 6.07) is 20.3. The lowest BCUT2D eigenvalue weighted by molar-refractivity contribution is -0.123. The molecular weight excluding hydrogens is 368 g/mol. The first-order valence-corrected chi connectivity index (χ1v) is 9.03. The maximum atomic E-state index is 12.7. The average molecular weight is 388 g/mol. The molecule has 1 heterocycles. The summed E-state index contributed by atoms with van der Waals surface area (Å²) >= 11 is 0. The third-order valence-electron chi connectivity index (χ3n) is 4.16. The van der Waals surface area contributed by atoms with Crippen LogP contribution in [0.15, 0.2) is 85.2 Å². The molecule has 2 aromatic carbocycles. The topological polar surface area (TPSA) is 100 Å². The summed E-state index contributed by atoms with van der Waals surface area (Å²) in [5.41, 5.74) is 6.35. The molecule has 1 unspecified atom stereocenters. The highest BCUT2D eigenvalue weighted by Gasteiger charge is 2.22. The lowest BCUT2D eigenvalue weighted by Crippen LogP contribution is -2.53. The van der Waals surface area contributed by atoms with Gasteiger partial charge in [-0.05, 0) is 29.8 Å². The van der Waals surface area contributed by atoms with Crippen LogP contribution in [0.2, 0.25) is 0 Å². The molecule has 0 radical (unpaired) electrons. The van der Waals surface area contributed by atoms with Crippen molar-refractivity contribution >= 4 is 17.7 Å². The van der Waals surface area contributed by atoms with Crippen molar-refractivity contribution in [3.8, 4) is 0 Å². The van der Waals surface area contributed by atoms with Crippen LogP contribution in [0.1, 0.15) is 26.3 Å². The molecule has 0 saturated carbocycles. The van der Waals surface area contributed by atoms with Gasteiger partial charge in [0.1, 0.15) is 6.04 Å². The first-order valence-electron chi connectivity index (χ1n) is 9.03. The Morgan fingerprint density at radius 1 is 0.759 bits per heavy atom. The number of hydrazine groups is 1. The van der Waals surface area contributed by atoms with Crippen molar-refractivity contribution < 1.29 is 14.4 Å². The van der Waals surface area contributed by atoms with Crippen LogP contribution < -0.4 is 16.2 Å². The molecule has 7 nitrogen and oxygen atoms in total. The van der Waals surface area contributed by atoms with Gasteiger partial charge in [0.2, 0.25) is 0 Å². The van der Waals surface area contributed by atoms with E-state index in [2.05, 4.69) is 21.2 Å². The summed E-state index contributed by atoms with van der Waals surface area (Å²) in [4.78, 5) is 41.2. The summed E-state index contributed by atoms with van der Waals surface area (Å²) in [6.07, 6.45) is 3.21. The van der Waals surface area contributed by atoms with Crippen molar-refractivity contribution in [2.24, 2.45) is 0 Å². The molecule has 0 aliphatic rings. The van der Waals surface area contributed by atoms with Gasteiger partial charge in [-0.1, -0.05) is 48.5 Å². The third kappa shape index (κ3) is 5.74. The molecule has 3 amide bonds. The van der Waals surface area contributed by atoms with Crippen LogP contribution >= 0.6 is 0 Å². The van der Waals surface area contributed by atoms with Crippen molar-refractivity contribution in [3.63, 3.8) is 0 Å². The monoisotopic (exact) mass is 388 g/mol. The highest BCUT2D eigenvalue weighted by molar-refractivity contribution is 5.99. The van der Waals surface area contributed by atoms with Crippen LogP contribution in [-0.2, 0) is 11.2 Å². The van der Waals surface area contributed by atoms with Crippen LogP contribution in [0.25, 0.3) is 0 Å². The molecule has 0 fully saturated rings. The number of rotatable bonds is 6. The van der Waals surface area contributed by atoms with Crippen LogP contribution in [0, 0.1) is 0 Å². The standard InChI is InChI=1S/C22H20N4O3/c27-20(17-10-5-2-6-11-17)24-19(14-16-8-3-1-4-9-16)22(29)26-25-21(28)18-12-7-13-23-15-18/h1-13,15,19H,14H2,(H,24,27)(H,25,28)(H,26,29). The number of hydrogen-bond donors (Lipinski definition) is 3. The minimum Gasteiger partial charge on any atom is -0.340 e. The van der Waals surface area contributed by atoms with Gasteiger partial charge in [0.25, 0.3) is 17.7 Å². The second-order valence-corrected chi connectivity index (χ2v) is 6.27. The molecule has 29 heavy (non-hydrogen) atoms. The van der Waals surface area contributed by atoms with Gasteiger partial charge in [-0.3, -0.25) is 30.2 Å². The lowest BCUT2D eigenvalue weighted by atomic mass is 10.0. The molecule has 0 saturated heterocycles. The second kappa shape index (κ2) is 9.80. The minimum atomic E-state index is -0.876. The molecule has 0 spiro atoms. The Hall–Kier alpha value is -4.00. The Kier molecular flexibility index (Phi) is 6.67. The molecule has 3 rings (SSSR count). The van der Waals surface area contributed by atoms with E-state index < -0.39 is 17.9 Å². The Balaban J connectivity index is 1.68. The van der Waals surface area contributed by atoms with Crippen molar-refractivity contribution in [1.29, 1.82) is 0 Å². The van der Waals surface area contributed by atoms with E-state index in [1.165, 1.54) is 6.20 Å². The van der Waals surface area contributed by atoms with Gasteiger partial charge in [-0.2, -0.15) is 0 Å². The number of hydrogen-bond acceptors (Lipinski definition) is 4. The zero-order valence-electron chi connectivity index (χ0n) is 15.5. The average Bonchev–Trinajstić information content (AvgIpc) is 2.78. The summed E-state index contributed by atoms with van der Waals surface area (Å²) in [5, 5.41) is 2.73. The fraction of sp³-hybridized carbons (Fsp3) is 0.0909. The number of pyridine rings is 1. The quantitative estimate of drug-likeness (QED) is 0.562. The Morgan fingerprint density at radius 3 is 2.07 bits per heavy atom. The molecule has 1 atom stereocenters. The van der Waals surface area contributed by atoms with Gasteiger partial charge in [-0.25, -0.2) is 0 Å². The van der Waals surface area contributed by atoms with E-state index >= 15 is 0 Å². The molecule has 3 N–H and O–H groups in total. The van der Waals surface area contributed by atoms with Crippen molar-refractivity contribution in [2.45, 2.75) is 12.5 Å². The summed E-state index contributed by atoms with van der Waals surface area (Å²) in [7, 11) is 0. The highest BCUT2D eigenvalue weighted by Crippen LogP contribution is 2.06. The second-order valence-electron chi connectivity index (χ2n) is 6.27. The fourth-order valence-corrected chi connectivity index (χ4v) is 2.66.